The van der Waals surface area contributed by atoms with Gasteiger partial charge in [0.05, 0.1) is 20.3 Å². The minimum atomic E-state index is 0.556. The molecular formula is C13H13BrO2S. The highest BCUT2D eigenvalue weighted by atomic mass is 79.9. The Morgan fingerprint density at radius 3 is 2.82 bits per heavy atom. The molecular weight excluding hydrogens is 300 g/mol. The van der Waals surface area contributed by atoms with E-state index >= 15 is 0 Å². The molecule has 0 N–H and O–H groups in total. The molecule has 0 saturated carbocycles. The van der Waals surface area contributed by atoms with E-state index < -0.39 is 0 Å². The van der Waals surface area contributed by atoms with E-state index in [1.807, 2.05) is 24.3 Å². The first-order valence-electron chi connectivity index (χ1n) is 5.22. The molecule has 0 aliphatic rings. The smallest absolute Gasteiger partial charge is 0.124 e. The third kappa shape index (κ3) is 3.56. The van der Waals surface area contributed by atoms with E-state index in [0.29, 0.717) is 13.2 Å². The molecule has 0 fully saturated rings. The lowest BCUT2D eigenvalue weighted by atomic mass is 10.2. The third-order valence-electron chi connectivity index (χ3n) is 2.32. The molecule has 0 atom stereocenters. The Balaban J connectivity index is 1.96. The van der Waals surface area contributed by atoms with E-state index in [1.165, 1.54) is 4.88 Å². The van der Waals surface area contributed by atoms with E-state index in [0.717, 1.165) is 15.8 Å². The van der Waals surface area contributed by atoms with E-state index in [9.17, 15) is 0 Å². The number of benzene rings is 1. The van der Waals surface area contributed by atoms with Gasteiger partial charge in [-0.3, -0.25) is 0 Å². The van der Waals surface area contributed by atoms with Crippen molar-refractivity contribution in [3.05, 3.63) is 50.6 Å². The van der Waals surface area contributed by atoms with Crippen LogP contribution in [0.15, 0.2) is 40.2 Å². The normalized spacial score (nSPS) is 10.5. The molecule has 0 unspecified atom stereocenters. The van der Waals surface area contributed by atoms with Crippen molar-refractivity contribution in [3.8, 4) is 5.75 Å². The quantitative estimate of drug-likeness (QED) is 0.822. The van der Waals surface area contributed by atoms with Crippen molar-refractivity contribution in [2.45, 2.75) is 13.2 Å². The van der Waals surface area contributed by atoms with Crippen LogP contribution in [0.25, 0.3) is 0 Å². The fourth-order valence-corrected chi connectivity index (χ4v) is 2.57. The van der Waals surface area contributed by atoms with E-state index in [4.69, 9.17) is 9.47 Å². The second-order valence-electron chi connectivity index (χ2n) is 3.53. The van der Waals surface area contributed by atoms with Crippen molar-refractivity contribution in [2.24, 2.45) is 0 Å². The number of rotatable bonds is 5. The maximum Gasteiger partial charge on any atom is 0.124 e. The number of hydrogen-bond acceptors (Lipinski definition) is 3. The summed E-state index contributed by atoms with van der Waals surface area (Å²) in [4.78, 5) is 1.24. The first kappa shape index (κ1) is 12.6. The monoisotopic (exact) mass is 312 g/mol. The van der Waals surface area contributed by atoms with Crippen LogP contribution >= 0.6 is 27.3 Å². The predicted octanol–water partition coefficient (Wildman–Crippen LogP) is 4.24. The first-order chi connectivity index (χ1) is 8.29. The molecule has 0 aliphatic carbocycles. The third-order valence-corrected chi connectivity index (χ3v) is 3.67. The molecule has 2 aromatic rings. The van der Waals surface area contributed by atoms with Crippen molar-refractivity contribution in [1.82, 2.24) is 0 Å². The molecule has 0 amide bonds. The lowest BCUT2D eigenvalue weighted by Gasteiger charge is -2.09. The maximum absolute atomic E-state index is 5.67. The van der Waals surface area contributed by atoms with Crippen molar-refractivity contribution >= 4 is 27.3 Å². The van der Waals surface area contributed by atoms with E-state index in [-0.39, 0.29) is 0 Å². The highest BCUT2D eigenvalue weighted by Crippen LogP contribution is 2.24. The Morgan fingerprint density at radius 1 is 1.24 bits per heavy atom. The van der Waals surface area contributed by atoms with Gasteiger partial charge in [0.15, 0.2) is 0 Å². The van der Waals surface area contributed by atoms with Gasteiger partial charge >= 0.3 is 0 Å². The van der Waals surface area contributed by atoms with Crippen LogP contribution in [-0.2, 0) is 18.0 Å². The van der Waals surface area contributed by atoms with Crippen LogP contribution in [0.2, 0.25) is 0 Å². The Morgan fingerprint density at radius 2 is 2.12 bits per heavy atom. The molecule has 0 bridgehead atoms. The van der Waals surface area contributed by atoms with Crippen LogP contribution in [0.3, 0.4) is 0 Å². The van der Waals surface area contributed by atoms with Gasteiger partial charge in [-0.05, 0) is 29.6 Å². The van der Waals surface area contributed by atoms with Gasteiger partial charge in [-0.1, -0.05) is 22.0 Å². The predicted molar refractivity (Wildman–Crippen MR) is 73.5 cm³/mol. The molecule has 0 spiro atoms. The molecule has 1 heterocycles. The minimum absolute atomic E-state index is 0.556. The van der Waals surface area contributed by atoms with Crippen LogP contribution < -0.4 is 4.74 Å². The summed E-state index contributed by atoms with van der Waals surface area (Å²) in [5.74, 6) is 0.861. The van der Waals surface area contributed by atoms with Gasteiger partial charge in [0.1, 0.15) is 5.75 Å². The zero-order valence-electron chi connectivity index (χ0n) is 9.48. The fourth-order valence-electron chi connectivity index (χ4n) is 1.52. The molecule has 2 nitrogen and oxygen atoms in total. The summed E-state index contributed by atoms with van der Waals surface area (Å²) < 4.78 is 12.0. The molecule has 1 aromatic heterocycles. The van der Waals surface area contributed by atoms with E-state index in [1.54, 1.807) is 18.4 Å². The highest BCUT2D eigenvalue weighted by Gasteiger charge is 2.04. The number of thiophene rings is 1. The minimum Gasteiger partial charge on any atom is -0.496 e. The summed E-state index contributed by atoms with van der Waals surface area (Å²) in [6.45, 7) is 1.20. The van der Waals surface area contributed by atoms with Crippen LogP contribution in [0.5, 0.6) is 5.75 Å². The summed E-state index contributed by atoms with van der Waals surface area (Å²) in [5.41, 5.74) is 1.05. The standard InChI is InChI=1S/C13H13BrO2S/c1-15-13-5-4-11(14)7-10(13)8-16-9-12-3-2-6-17-12/h2-7H,8-9H2,1H3. The summed E-state index contributed by atoms with van der Waals surface area (Å²) >= 11 is 5.15. The van der Waals surface area contributed by atoms with Gasteiger partial charge in [-0.25, -0.2) is 0 Å². The van der Waals surface area contributed by atoms with E-state index in [2.05, 4.69) is 27.4 Å². The van der Waals surface area contributed by atoms with Gasteiger partial charge in [0, 0.05) is 14.9 Å². The Hall–Kier alpha value is -0.840. The largest absolute Gasteiger partial charge is 0.496 e. The van der Waals surface area contributed by atoms with Gasteiger partial charge in [-0.15, -0.1) is 11.3 Å². The van der Waals surface area contributed by atoms with Crippen LogP contribution in [0, 0.1) is 0 Å². The average molecular weight is 313 g/mol. The van der Waals surface area contributed by atoms with Gasteiger partial charge in [0.25, 0.3) is 0 Å². The number of methoxy groups -OCH3 is 1. The molecule has 1 aromatic carbocycles. The molecule has 0 aliphatic heterocycles. The maximum atomic E-state index is 5.67. The fraction of sp³-hybridized carbons (Fsp3) is 0.231. The second-order valence-corrected chi connectivity index (χ2v) is 5.48. The van der Waals surface area contributed by atoms with Crippen molar-refractivity contribution in [1.29, 1.82) is 0 Å². The number of ether oxygens (including phenoxy) is 2. The van der Waals surface area contributed by atoms with Gasteiger partial charge in [0.2, 0.25) is 0 Å². The molecule has 2 rings (SSSR count). The number of hydrogen-bond donors (Lipinski definition) is 0. The average Bonchev–Trinajstić information content (AvgIpc) is 2.82. The summed E-state index contributed by atoms with van der Waals surface area (Å²) in [5, 5.41) is 2.05. The lowest BCUT2D eigenvalue weighted by molar-refractivity contribution is 0.107. The lowest BCUT2D eigenvalue weighted by Crippen LogP contribution is -1.96. The van der Waals surface area contributed by atoms with Crippen molar-refractivity contribution < 1.29 is 9.47 Å². The molecule has 0 radical (unpaired) electrons. The molecule has 4 heteroatoms. The summed E-state index contributed by atoms with van der Waals surface area (Å²) in [6, 6.07) is 10.0. The number of halogens is 1. The van der Waals surface area contributed by atoms with Crippen molar-refractivity contribution in [2.75, 3.05) is 7.11 Å². The summed E-state index contributed by atoms with van der Waals surface area (Å²) in [7, 11) is 1.67. The van der Waals surface area contributed by atoms with Crippen LogP contribution in [0.4, 0.5) is 0 Å². The Labute approximate surface area is 113 Å². The van der Waals surface area contributed by atoms with Crippen LogP contribution in [0.1, 0.15) is 10.4 Å². The Kier molecular flexibility index (Phi) is 4.59. The Bertz CT molecular complexity index is 468. The highest BCUT2D eigenvalue weighted by molar-refractivity contribution is 9.10. The van der Waals surface area contributed by atoms with Gasteiger partial charge in [-0.2, -0.15) is 0 Å². The second kappa shape index (κ2) is 6.19. The molecule has 90 valence electrons. The topological polar surface area (TPSA) is 18.5 Å². The van der Waals surface area contributed by atoms with Crippen LogP contribution in [-0.4, -0.2) is 7.11 Å². The zero-order chi connectivity index (χ0) is 12.1. The molecule has 17 heavy (non-hydrogen) atoms. The summed E-state index contributed by atoms with van der Waals surface area (Å²) in [6.07, 6.45) is 0. The molecule has 0 saturated heterocycles. The van der Waals surface area contributed by atoms with Crippen molar-refractivity contribution in [3.63, 3.8) is 0 Å². The first-order valence-corrected chi connectivity index (χ1v) is 6.89. The SMILES string of the molecule is COc1ccc(Br)cc1COCc1cccs1. The van der Waals surface area contributed by atoms with Gasteiger partial charge < -0.3 is 9.47 Å². The zero-order valence-corrected chi connectivity index (χ0v) is 11.9.